The zero-order chi connectivity index (χ0) is 41.4. The van der Waals surface area contributed by atoms with Crippen molar-refractivity contribution < 1.29 is 27.4 Å². The first-order valence-electron chi connectivity index (χ1n) is 23.2. The molecule has 2 aliphatic rings. The Kier molecular flexibility index (Phi) is 16.3. The molecule has 2 aliphatic heterocycles. The van der Waals surface area contributed by atoms with E-state index >= 15 is 8.78 Å². The number of hydrogen-bond acceptors (Lipinski definition) is 4. The van der Waals surface area contributed by atoms with Crippen molar-refractivity contribution in [2.75, 3.05) is 0 Å². The van der Waals surface area contributed by atoms with Crippen LogP contribution in [0.4, 0.5) is 8.78 Å². The van der Waals surface area contributed by atoms with E-state index in [0.29, 0.717) is 27.6 Å². The Bertz CT molecular complexity index is 1610. The third-order valence-electron chi connectivity index (χ3n) is 14.0. The van der Waals surface area contributed by atoms with Gasteiger partial charge < -0.3 is 23.2 Å². The van der Waals surface area contributed by atoms with Gasteiger partial charge in [0.2, 0.25) is 0 Å². The predicted octanol–water partition coefficient (Wildman–Crippen LogP) is 13.1. The summed E-state index contributed by atoms with van der Waals surface area (Å²) in [5.74, 6) is -0.374. The van der Waals surface area contributed by atoms with E-state index in [-0.39, 0.29) is 0 Å². The lowest BCUT2D eigenvalue weighted by atomic mass is 9.77. The first kappa shape index (κ1) is 46.1. The van der Waals surface area contributed by atoms with E-state index in [1.54, 1.807) is 12.1 Å². The molecular weight excluding hydrogens is 714 g/mol. The molecule has 5 rings (SSSR count). The second-order valence-electron chi connectivity index (χ2n) is 19.7. The molecule has 0 saturated carbocycles. The van der Waals surface area contributed by atoms with Gasteiger partial charge in [0, 0.05) is 39.3 Å². The molecule has 57 heavy (non-hydrogen) atoms. The van der Waals surface area contributed by atoms with Gasteiger partial charge in [-0.3, -0.25) is 0 Å². The molecule has 1 unspecified atom stereocenters. The Balaban J connectivity index is 1.46. The summed E-state index contributed by atoms with van der Waals surface area (Å²) in [7, 11) is -1.69. The predicted molar refractivity (Wildman–Crippen MR) is 238 cm³/mol. The lowest BCUT2D eigenvalue weighted by Crippen LogP contribution is -2.41. The zero-order valence-electron chi connectivity index (χ0n) is 37.7. The van der Waals surface area contributed by atoms with E-state index in [0.717, 1.165) is 30.4 Å². The molecule has 3 heterocycles. The highest BCUT2D eigenvalue weighted by Crippen LogP contribution is 2.40. The Morgan fingerprint density at radius 2 is 0.772 bits per heavy atom. The van der Waals surface area contributed by atoms with Gasteiger partial charge in [0.05, 0.1) is 22.4 Å². The van der Waals surface area contributed by atoms with E-state index in [2.05, 4.69) is 18.4 Å². The summed E-state index contributed by atoms with van der Waals surface area (Å²) in [5.41, 5.74) is 0.0884. The first-order chi connectivity index (χ1) is 27.0. The number of aromatic nitrogens is 1. The van der Waals surface area contributed by atoms with Crippen LogP contribution in [0, 0.1) is 17.6 Å². The molecule has 1 atom stereocenters. The van der Waals surface area contributed by atoms with Gasteiger partial charge in [-0.25, -0.2) is 8.78 Å². The Labute approximate surface area is 346 Å². The van der Waals surface area contributed by atoms with E-state index < -0.39 is 48.3 Å². The van der Waals surface area contributed by atoms with Gasteiger partial charge in [0.1, 0.15) is 11.6 Å². The molecule has 2 fully saturated rings. The average molecular weight is 792 g/mol. The van der Waals surface area contributed by atoms with Crippen molar-refractivity contribution in [1.29, 1.82) is 0 Å². The Morgan fingerprint density at radius 3 is 1.09 bits per heavy atom. The maximum Gasteiger partial charge on any atom is 0.497 e. The van der Waals surface area contributed by atoms with Crippen LogP contribution in [0.2, 0.25) is 0 Å². The molecule has 0 amide bonds. The number of unbranched alkanes of at least 4 members (excludes halogenated alkanes) is 16. The summed E-state index contributed by atoms with van der Waals surface area (Å²) in [6.45, 7) is 21.2. The standard InChI is InChI=1S/C48H77B2F2NO4/c1-11-13-15-17-19-21-22-24-26-28-30-36(29-27-25-23-20-18-16-14-12-2)35-53-43-33-39(49-54-45(3,4)46(5,6)55-49)41(51)31-37(43)38-32-42(52)40(34-44(38)53)50-56-47(7,8)48(9,10)57-50/h31-34,36H,11-30,35H2,1-10H3. The first-order valence-corrected chi connectivity index (χ1v) is 23.2. The Hall–Kier alpha value is -1.93. The summed E-state index contributed by atoms with van der Waals surface area (Å²) in [6.07, 6.45) is 25.8. The minimum absolute atomic E-state index is 0.381. The molecule has 9 heteroatoms. The molecule has 0 bridgehead atoms. The molecular formula is C48H77B2F2NO4. The molecule has 5 nitrogen and oxygen atoms in total. The van der Waals surface area contributed by atoms with Crippen molar-refractivity contribution in [2.45, 2.75) is 227 Å². The summed E-state index contributed by atoms with van der Waals surface area (Å²) in [4.78, 5) is 0. The molecule has 2 saturated heterocycles. The van der Waals surface area contributed by atoms with Crippen molar-refractivity contribution in [3.63, 3.8) is 0 Å². The number of halogens is 2. The van der Waals surface area contributed by atoms with Crippen molar-refractivity contribution in [2.24, 2.45) is 5.92 Å². The van der Waals surface area contributed by atoms with Crippen molar-refractivity contribution in [3.8, 4) is 0 Å². The summed E-state index contributed by atoms with van der Waals surface area (Å²) < 4.78 is 60.4. The van der Waals surface area contributed by atoms with Crippen LogP contribution in [0.3, 0.4) is 0 Å². The lowest BCUT2D eigenvalue weighted by Gasteiger charge is -2.32. The van der Waals surface area contributed by atoms with Gasteiger partial charge in [0.25, 0.3) is 0 Å². The molecule has 0 aliphatic carbocycles. The SMILES string of the molecule is CCCCCCCCCCCCC(CCCCCCCCCC)Cn1c2cc(B3OC(C)(C)C(C)(C)O3)c(F)cc2c2cc(F)c(B3OC(C)(C)C(C)(C)O3)cc21. The van der Waals surface area contributed by atoms with Crippen LogP contribution >= 0.6 is 0 Å². The van der Waals surface area contributed by atoms with E-state index in [4.69, 9.17) is 18.6 Å². The fourth-order valence-electron chi connectivity index (χ4n) is 8.73. The van der Waals surface area contributed by atoms with E-state index in [1.807, 2.05) is 67.5 Å². The third kappa shape index (κ3) is 11.3. The largest absolute Gasteiger partial charge is 0.497 e. The summed E-state index contributed by atoms with van der Waals surface area (Å²) in [5, 5.41) is 1.40. The van der Waals surface area contributed by atoms with Crippen LogP contribution in [0.25, 0.3) is 21.8 Å². The third-order valence-corrected chi connectivity index (χ3v) is 14.0. The molecule has 0 spiro atoms. The minimum Gasteiger partial charge on any atom is -0.399 e. The van der Waals surface area contributed by atoms with Crippen LogP contribution in [0.15, 0.2) is 24.3 Å². The maximum atomic E-state index is 16.3. The lowest BCUT2D eigenvalue weighted by molar-refractivity contribution is 0.00578. The fourth-order valence-corrected chi connectivity index (χ4v) is 8.73. The van der Waals surface area contributed by atoms with Crippen LogP contribution in [0.5, 0.6) is 0 Å². The second-order valence-corrected chi connectivity index (χ2v) is 19.7. The van der Waals surface area contributed by atoms with Gasteiger partial charge >= 0.3 is 14.2 Å². The quantitative estimate of drug-likeness (QED) is 0.0669. The van der Waals surface area contributed by atoms with Gasteiger partial charge in [0.15, 0.2) is 0 Å². The number of fused-ring (bicyclic) bond motifs is 3. The van der Waals surface area contributed by atoms with Crippen LogP contribution in [0.1, 0.15) is 198 Å². The van der Waals surface area contributed by atoms with Gasteiger partial charge in [-0.2, -0.15) is 0 Å². The normalized spacial score (nSPS) is 19.1. The van der Waals surface area contributed by atoms with E-state index in [9.17, 15) is 0 Å². The molecule has 0 radical (unpaired) electrons. The fraction of sp³-hybridized carbons (Fsp3) is 0.750. The highest BCUT2D eigenvalue weighted by Gasteiger charge is 2.54. The highest BCUT2D eigenvalue weighted by molar-refractivity contribution is 6.63. The molecule has 3 aromatic rings. The van der Waals surface area contributed by atoms with Gasteiger partial charge in [-0.15, -0.1) is 0 Å². The van der Waals surface area contributed by atoms with Crippen molar-refractivity contribution in [3.05, 3.63) is 35.9 Å². The Morgan fingerprint density at radius 1 is 0.474 bits per heavy atom. The molecule has 0 N–H and O–H groups in total. The van der Waals surface area contributed by atoms with Gasteiger partial charge in [-0.1, -0.05) is 129 Å². The number of benzene rings is 2. The summed E-state index contributed by atoms with van der Waals surface area (Å²) >= 11 is 0. The molecule has 1 aromatic heterocycles. The smallest absolute Gasteiger partial charge is 0.399 e. The number of nitrogens with zero attached hydrogens (tertiary/aromatic N) is 1. The van der Waals surface area contributed by atoms with Crippen LogP contribution in [-0.2, 0) is 25.2 Å². The number of hydrogen-bond donors (Lipinski definition) is 0. The maximum absolute atomic E-state index is 16.3. The zero-order valence-corrected chi connectivity index (χ0v) is 37.7. The second kappa shape index (κ2) is 20.1. The molecule has 2 aromatic carbocycles. The minimum atomic E-state index is -0.845. The average Bonchev–Trinajstić information content (AvgIpc) is 3.63. The number of rotatable bonds is 24. The van der Waals surface area contributed by atoms with Crippen molar-refractivity contribution >= 4 is 47.0 Å². The van der Waals surface area contributed by atoms with Crippen molar-refractivity contribution in [1.82, 2.24) is 4.57 Å². The highest BCUT2D eigenvalue weighted by atomic mass is 19.1. The molecule has 318 valence electrons. The topological polar surface area (TPSA) is 41.9 Å². The van der Waals surface area contributed by atoms with Gasteiger partial charge in [-0.05, 0) is 98.4 Å². The van der Waals surface area contributed by atoms with Crippen LogP contribution in [-0.4, -0.2) is 41.2 Å². The van der Waals surface area contributed by atoms with E-state index in [1.165, 1.54) is 116 Å². The summed E-state index contributed by atoms with van der Waals surface area (Å²) in [6, 6.07) is 6.95. The van der Waals surface area contributed by atoms with Crippen LogP contribution < -0.4 is 10.9 Å². The monoisotopic (exact) mass is 792 g/mol.